The summed E-state index contributed by atoms with van der Waals surface area (Å²) in [6, 6.07) is 3.76. The number of carboxylic acids is 1. The summed E-state index contributed by atoms with van der Waals surface area (Å²) in [6.07, 6.45) is 3.61. The van der Waals surface area contributed by atoms with E-state index in [-0.39, 0.29) is 0 Å². The standard InChI is InChI=1S/C15H19BrO4/c1-3-6-19-7-8-20-15-11(2)9-13(16)10-12(15)4-5-14(17)18/h4-5,9-10H,3,6-8H2,1-2H3,(H,17,18)/b5-4+. The number of aryl methyl sites for hydroxylation is 1. The number of benzene rings is 1. The molecular formula is C15H19BrO4. The minimum atomic E-state index is -0.986. The predicted octanol–water partition coefficient (Wildman–Crippen LogP) is 3.66. The molecule has 0 bridgehead atoms. The van der Waals surface area contributed by atoms with Gasteiger partial charge >= 0.3 is 5.97 Å². The van der Waals surface area contributed by atoms with Crippen molar-refractivity contribution in [2.75, 3.05) is 19.8 Å². The first-order valence-electron chi connectivity index (χ1n) is 6.46. The zero-order valence-electron chi connectivity index (χ0n) is 11.7. The molecule has 0 radical (unpaired) electrons. The molecule has 0 saturated heterocycles. The van der Waals surface area contributed by atoms with Gasteiger partial charge in [0.25, 0.3) is 0 Å². The lowest BCUT2D eigenvalue weighted by Gasteiger charge is -2.13. The molecule has 20 heavy (non-hydrogen) atoms. The molecule has 0 heterocycles. The van der Waals surface area contributed by atoms with Crippen LogP contribution >= 0.6 is 15.9 Å². The Kier molecular flexibility index (Phi) is 7.33. The van der Waals surface area contributed by atoms with Gasteiger partial charge in [-0.2, -0.15) is 0 Å². The van der Waals surface area contributed by atoms with Gasteiger partial charge in [0.15, 0.2) is 0 Å². The summed E-state index contributed by atoms with van der Waals surface area (Å²) < 4.78 is 12.0. The Bertz CT molecular complexity index is 483. The maximum absolute atomic E-state index is 10.6. The third-order valence-corrected chi connectivity index (χ3v) is 2.95. The number of carbonyl (C=O) groups is 1. The smallest absolute Gasteiger partial charge is 0.328 e. The van der Waals surface area contributed by atoms with E-state index in [1.54, 1.807) is 0 Å². The molecule has 5 heteroatoms. The molecule has 0 saturated carbocycles. The van der Waals surface area contributed by atoms with E-state index in [9.17, 15) is 4.79 Å². The van der Waals surface area contributed by atoms with Gasteiger partial charge in [-0.1, -0.05) is 22.9 Å². The summed E-state index contributed by atoms with van der Waals surface area (Å²) in [6.45, 7) is 5.65. The van der Waals surface area contributed by atoms with Gasteiger partial charge < -0.3 is 14.6 Å². The Morgan fingerprint density at radius 2 is 2.10 bits per heavy atom. The Labute approximate surface area is 127 Å². The predicted molar refractivity (Wildman–Crippen MR) is 82.2 cm³/mol. The third kappa shape index (κ3) is 5.75. The second kappa shape index (κ2) is 8.76. The normalized spacial score (nSPS) is 10.9. The largest absolute Gasteiger partial charge is 0.490 e. The van der Waals surface area contributed by atoms with Crippen molar-refractivity contribution in [3.8, 4) is 5.75 Å². The highest BCUT2D eigenvalue weighted by atomic mass is 79.9. The van der Waals surface area contributed by atoms with Crippen LogP contribution in [0, 0.1) is 6.92 Å². The van der Waals surface area contributed by atoms with E-state index in [1.165, 1.54) is 6.08 Å². The minimum absolute atomic E-state index is 0.441. The van der Waals surface area contributed by atoms with Crippen LogP contribution in [0.15, 0.2) is 22.7 Å². The van der Waals surface area contributed by atoms with Gasteiger partial charge in [-0.05, 0) is 37.1 Å². The molecule has 0 fully saturated rings. The van der Waals surface area contributed by atoms with Gasteiger partial charge in [0.2, 0.25) is 0 Å². The lowest BCUT2D eigenvalue weighted by atomic mass is 10.1. The number of aliphatic carboxylic acids is 1. The lowest BCUT2D eigenvalue weighted by Crippen LogP contribution is -2.08. The molecule has 0 aliphatic heterocycles. The second-order valence-electron chi connectivity index (χ2n) is 4.27. The first-order valence-corrected chi connectivity index (χ1v) is 7.25. The van der Waals surface area contributed by atoms with Gasteiger partial charge in [-0.3, -0.25) is 0 Å². The number of ether oxygens (including phenoxy) is 2. The first-order chi connectivity index (χ1) is 9.54. The fourth-order valence-electron chi connectivity index (χ4n) is 1.69. The van der Waals surface area contributed by atoms with Crippen molar-refractivity contribution in [1.82, 2.24) is 0 Å². The van der Waals surface area contributed by atoms with Crippen LogP contribution in [0.5, 0.6) is 5.75 Å². The van der Waals surface area contributed by atoms with Crippen LogP contribution < -0.4 is 4.74 Å². The summed E-state index contributed by atoms with van der Waals surface area (Å²) in [7, 11) is 0. The Balaban J connectivity index is 2.79. The van der Waals surface area contributed by atoms with Crippen LogP contribution in [-0.4, -0.2) is 30.9 Å². The Morgan fingerprint density at radius 1 is 1.35 bits per heavy atom. The lowest BCUT2D eigenvalue weighted by molar-refractivity contribution is -0.131. The zero-order chi connectivity index (χ0) is 15.0. The number of carboxylic acid groups (broad SMARTS) is 1. The summed E-state index contributed by atoms with van der Waals surface area (Å²) in [4.78, 5) is 10.6. The number of halogens is 1. The molecular weight excluding hydrogens is 324 g/mol. The van der Waals surface area contributed by atoms with Gasteiger partial charge in [-0.25, -0.2) is 4.79 Å². The summed E-state index contributed by atoms with van der Waals surface area (Å²) in [5.41, 5.74) is 1.68. The summed E-state index contributed by atoms with van der Waals surface area (Å²) in [5, 5.41) is 8.72. The summed E-state index contributed by atoms with van der Waals surface area (Å²) in [5.74, 6) is -0.300. The maximum atomic E-state index is 10.6. The SMILES string of the molecule is CCCOCCOc1c(C)cc(Br)cc1/C=C/C(=O)O. The highest BCUT2D eigenvalue weighted by molar-refractivity contribution is 9.10. The van der Waals surface area contributed by atoms with E-state index in [1.807, 2.05) is 19.1 Å². The fourth-order valence-corrected chi connectivity index (χ4v) is 2.28. The van der Waals surface area contributed by atoms with Gasteiger partial charge in [0.05, 0.1) is 6.61 Å². The highest BCUT2D eigenvalue weighted by Gasteiger charge is 2.07. The van der Waals surface area contributed by atoms with E-state index in [4.69, 9.17) is 14.6 Å². The van der Waals surface area contributed by atoms with Crippen molar-refractivity contribution in [2.45, 2.75) is 20.3 Å². The molecule has 0 aliphatic rings. The van der Waals surface area contributed by atoms with Crippen LogP contribution in [0.1, 0.15) is 24.5 Å². The molecule has 0 amide bonds. The molecule has 4 nitrogen and oxygen atoms in total. The van der Waals surface area contributed by atoms with Crippen LogP contribution in [-0.2, 0) is 9.53 Å². The average Bonchev–Trinajstić information content (AvgIpc) is 2.38. The van der Waals surface area contributed by atoms with E-state index in [2.05, 4.69) is 22.9 Å². The Morgan fingerprint density at radius 3 is 2.75 bits per heavy atom. The maximum Gasteiger partial charge on any atom is 0.328 e. The van der Waals surface area contributed by atoms with Gasteiger partial charge in [0, 0.05) is 22.7 Å². The molecule has 110 valence electrons. The van der Waals surface area contributed by atoms with Crippen molar-refractivity contribution in [2.24, 2.45) is 0 Å². The van der Waals surface area contributed by atoms with Crippen molar-refractivity contribution >= 4 is 28.0 Å². The summed E-state index contributed by atoms with van der Waals surface area (Å²) >= 11 is 3.39. The molecule has 0 aromatic heterocycles. The van der Waals surface area contributed by atoms with Crippen LogP contribution in [0.3, 0.4) is 0 Å². The molecule has 1 N–H and O–H groups in total. The van der Waals surface area contributed by atoms with E-state index in [0.29, 0.717) is 25.6 Å². The van der Waals surface area contributed by atoms with Crippen molar-refractivity contribution in [3.63, 3.8) is 0 Å². The van der Waals surface area contributed by atoms with E-state index >= 15 is 0 Å². The van der Waals surface area contributed by atoms with E-state index < -0.39 is 5.97 Å². The molecule has 0 atom stereocenters. The molecule has 0 spiro atoms. The topological polar surface area (TPSA) is 55.8 Å². The van der Waals surface area contributed by atoms with Crippen LogP contribution in [0.2, 0.25) is 0 Å². The molecule has 1 aromatic rings. The van der Waals surface area contributed by atoms with Crippen LogP contribution in [0.25, 0.3) is 6.08 Å². The van der Waals surface area contributed by atoms with Gasteiger partial charge in [-0.15, -0.1) is 0 Å². The number of hydrogen-bond donors (Lipinski definition) is 1. The molecule has 1 rings (SSSR count). The van der Waals surface area contributed by atoms with Gasteiger partial charge in [0.1, 0.15) is 12.4 Å². The third-order valence-electron chi connectivity index (χ3n) is 2.50. The van der Waals surface area contributed by atoms with Crippen molar-refractivity contribution in [3.05, 3.63) is 33.8 Å². The average molecular weight is 343 g/mol. The zero-order valence-corrected chi connectivity index (χ0v) is 13.3. The second-order valence-corrected chi connectivity index (χ2v) is 5.19. The molecule has 0 unspecified atom stereocenters. The van der Waals surface area contributed by atoms with Crippen molar-refractivity contribution < 1.29 is 19.4 Å². The number of hydrogen-bond acceptors (Lipinski definition) is 3. The quantitative estimate of drug-likeness (QED) is 0.578. The van der Waals surface area contributed by atoms with Crippen molar-refractivity contribution in [1.29, 1.82) is 0 Å². The minimum Gasteiger partial charge on any atom is -0.490 e. The van der Waals surface area contributed by atoms with Crippen LogP contribution in [0.4, 0.5) is 0 Å². The highest BCUT2D eigenvalue weighted by Crippen LogP contribution is 2.29. The number of rotatable bonds is 8. The Hall–Kier alpha value is -1.33. The monoisotopic (exact) mass is 342 g/mol. The molecule has 1 aromatic carbocycles. The molecule has 0 aliphatic carbocycles. The first kappa shape index (κ1) is 16.7. The fraction of sp³-hybridized carbons (Fsp3) is 0.400. The van der Waals surface area contributed by atoms with E-state index in [0.717, 1.165) is 28.1 Å².